The van der Waals surface area contributed by atoms with Gasteiger partial charge in [0.05, 0.1) is 29.5 Å². The van der Waals surface area contributed by atoms with Crippen LogP contribution in [0.3, 0.4) is 0 Å². The number of fused-ring (bicyclic) bond motifs is 2. The van der Waals surface area contributed by atoms with Gasteiger partial charge in [0.2, 0.25) is 0 Å². The zero-order valence-electron chi connectivity index (χ0n) is 22.7. The third-order valence-electron chi connectivity index (χ3n) is 8.43. The zero-order valence-corrected chi connectivity index (χ0v) is 22.7. The summed E-state index contributed by atoms with van der Waals surface area (Å²) in [6.07, 6.45) is 8.61. The van der Waals surface area contributed by atoms with Crippen molar-refractivity contribution in [2.75, 3.05) is 37.8 Å². The second-order valence-electron chi connectivity index (χ2n) is 11.4. The number of likely N-dealkylation sites (N-methyl/N-ethyl adjacent to an activating group) is 1. The summed E-state index contributed by atoms with van der Waals surface area (Å²) in [7, 11) is 2.13. The molecule has 10 heteroatoms. The molecule has 39 heavy (non-hydrogen) atoms. The Bertz CT molecular complexity index is 1400. The number of aromatic nitrogens is 3. The van der Waals surface area contributed by atoms with Gasteiger partial charge < -0.3 is 25.6 Å². The van der Waals surface area contributed by atoms with Crippen LogP contribution in [0, 0.1) is 5.92 Å². The van der Waals surface area contributed by atoms with E-state index < -0.39 is 11.8 Å². The van der Waals surface area contributed by atoms with Gasteiger partial charge in [-0.05, 0) is 68.2 Å². The topological polar surface area (TPSA) is 119 Å². The number of carbonyl (C=O) groups is 2. The Hall–Kier alpha value is -3.50. The number of amides is 2. The molecule has 6 rings (SSSR count). The molecule has 10 nitrogen and oxygen atoms in total. The molecule has 3 atom stereocenters. The first-order chi connectivity index (χ1) is 18.9. The molecule has 1 unspecified atom stereocenters. The molecule has 206 valence electrons. The summed E-state index contributed by atoms with van der Waals surface area (Å²) in [4.78, 5) is 35.5. The lowest BCUT2D eigenvalue weighted by atomic mass is 9.87. The molecule has 0 radical (unpaired) electrons. The van der Waals surface area contributed by atoms with Crippen molar-refractivity contribution >= 4 is 34.2 Å². The minimum Gasteiger partial charge on any atom is -0.383 e. The maximum atomic E-state index is 13.7. The summed E-state index contributed by atoms with van der Waals surface area (Å²) in [5.41, 5.74) is 10.9. The van der Waals surface area contributed by atoms with Crippen molar-refractivity contribution in [1.82, 2.24) is 24.6 Å². The maximum absolute atomic E-state index is 13.7. The highest BCUT2D eigenvalue weighted by Gasteiger charge is 2.35. The zero-order chi connectivity index (χ0) is 27.1. The largest absolute Gasteiger partial charge is 0.383 e. The minimum absolute atomic E-state index is 0.136. The van der Waals surface area contributed by atoms with Crippen LogP contribution in [-0.2, 0) is 27.3 Å². The molecule has 2 amide bonds. The van der Waals surface area contributed by atoms with Crippen LogP contribution in [0.25, 0.3) is 10.9 Å². The van der Waals surface area contributed by atoms with E-state index in [0.717, 1.165) is 57.2 Å². The lowest BCUT2D eigenvalue weighted by molar-refractivity contribution is -0.146. The highest BCUT2D eigenvalue weighted by atomic mass is 16.5. The lowest BCUT2D eigenvalue weighted by Gasteiger charge is -2.39. The molecule has 0 spiro atoms. The van der Waals surface area contributed by atoms with E-state index in [1.165, 1.54) is 17.3 Å². The second-order valence-corrected chi connectivity index (χ2v) is 11.4. The van der Waals surface area contributed by atoms with Gasteiger partial charge in [0.25, 0.3) is 0 Å². The van der Waals surface area contributed by atoms with Gasteiger partial charge in [-0.25, -0.2) is 9.67 Å². The first kappa shape index (κ1) is 25.8. The Morgan fingerprint density at radius 2 is 2.00 bits per heavy atom. The van der Waals surface area contributed by atoms with Crippen molar-refractivity contribution in [2.45, 2.75) is 64.3 Å². The molecular weight excluding hydrogens is 494 g/mol. The number of hydrogen-bond donors (Lipinski definition) is 2. The molecule has 0 saturated carbocycles. The van der Waals surface area contributed by atoms with Crippen LogP contribution in [0.5, 0.6) is 0 Å². The quantitative estimate of drug-likeness (QED) is 0.496. The predicted molar refractivity (Wildman–Crippen MR) is 149 cm³/mol. The number of benzene rings is 1. The number of nitrogens with one attached hydrogen (secondary N) is 1. The summed E-state index contributed by atoms with van der Waals surface area (Å²) in [6, 6.07) is 6.44. The summed E-state index contributed by atoms with van der Waals surface area (Å²) in [6.45, 7) is 5.28. The monoisotopic (exact) mass is 531 g/mol. The summed E-state index contributed by atoms with van der Waals surface area (Å²) in [5.74, 6) is -0.584. The Morgan fingerprint density at radius 1 is 1.13 bits per heavy atom. The predicted octanol–water partition coefficient (Wildman–Crippen LogP) is 3.64. The van der Waals surface area contributed by atoms with Gasteiger partial charge in [-0.2, -0.15) is 5.10 Å². The minimum atomic E-state index is -0.683. The van der Waals surface area contributed by atoms with E-state index in [2.05, 4.69) is 52.5 Å². The summed E-state index contributed by atoms with van der Waals surface area (Å²) < 4.78 is 7.69. The molecule has 2 fully saturated rings. The molecule has 0 aliphatic carbocycles. The Kier molecular flexibility index (Phi) is 6.99. The lowest BCUT2D eigenvalue weighted by Crippen LogP contribution is -2.46. The standard InChI is InChI=1S/C29H37N7O3/c1-18-6-9-24(20-8-7-19-10-11-34(2)17-21(19)13-20)35(16-18)29(38)28(37)33-23-15-31-27(30)22-14-32-36(26(22)23)25-5-3-4-12-39-25/h7-8,13-15,18,24-25H,3-6,9-12,16-17H2,1-2H3,(H2,30,31)(H,33,37)/t18-,24+,25?/m0/s1. The van der Waals surface area contributed by atoms with Crippen LogP contribution >= 0.6 is 0 Å². The van der Waals surface area contributed by atoms with Gasteiger partial charge in [0.15, 0.2) is 6.23 Å². The Morgan fingerprint density at radius 3 is 2.82 bits per heavy atom. The summed E-state index contributed by atoms with van der Waals surface area (Å²) >= 11 is 0. The molecule has 1 aromatic carbocycles. The van der Waals surface area contributed by atoms with Crippen molar-refractivity contribution in [1.29, 1.82) is 0 Å². The average Bonchev–Trinajstić information content (AvgIpc) is 3.41. The molecule has 0 bridgehead atoms. The molecule has 3 N–H and O–H groups in total. The van der Waals surface area contributed by atoms with Gasteiger partial charge >= 0.3 is 11.8 Å². The van der Waals surface area contributed by atoms with E-state index in [0.29, 0.717) is 41.5 Å². The number of rotatable bonds is 3. The Labute approximate surface area is 228 Å². The van der Waals surface area contributed by atoms with Gasteiger partial charge in [-0.3, -0.25) is 9.59 Å². The van der Waals surface area contributed by atoms with Crippen LogP contribution in [0.2, 0.25) is 0 Å². The van der Waals surface area contributed by atoms with Gasteiger partial charge in [-0.1, -0.05) is 25.1 Å². The van der Waals surface area contributed by atoms with Gasteiger partial charge in [-0.15, -0.1) is 0 Å². The van der Waals surface area contributed by atoms with Crippen LogP contribution in [0.4, 0.5) is 11.5 Å². The van der Waals surface area contributed by atoms with Crippen molar-refractivity contribution in [3.05, 3.63) is 47.3 Å². The SMILES string of the molecule is C[C@H]1CC[C@H](c2ccc3c(c2)CN(C)CC3)N(C(=O)C(=O)Nc2cnc(N)c3cnn(C4CCCCO4)c23)C1. The number of hydrogen-bond acceptors (Lipinski definition) is 7. The number of anilines is 2. The number of ether oxygens (including phenoxy) is 1. The molecule has 3 aliphatic heterocycles. The number of nitrogens with two attached hydrogens (primary N) is 1. The van der Waals surface area contributed by atoms with Crippen LogP contribution in [-0.4, -0.2) is 63.1 Å². The first-order valence-electron chi connectivity index (χ1n) is 14.0. The highest BCUT2D eigenvalue weighted by molar-refractivity contribution is 6.40. The molecule has 2 saturated heterocycles. The van der Waals surface area contributed by atoms with Crippen molar-refractivity contribution < 1.29 is 14.3 Å². The van der Waals surface area contributed by atoms with Crippen molar-refractivity contribution in [2.24, 2.45) is 5.92 Å². The molecule has 3 aliphatic rings. The van der Waals surface area contributed by atoms with Gasteiger partial charge in [0, 0.05) is 26.2 Å². The van der Waals surface area contributed by atoms with E-state index in [-0.39, 0.29) is 12.3 Å². The number of likely N-dealkylation sites (tertiary alicyclic amines) is 1. The third-order valence-corrected chi connectivity index (χ3v) is 8.43. The van der Waals surface area contributed by atoms with E-state index in [4.69, 9.17) is 10.5 Å². The summed E-state index contributed by atoms with van der Waals surface area (Å²) in [5, 5.41) is 7.98. The van der Waals surface area contributed by atoms with Crippen molar-refractivity contribution in [3.8, 4) is 0 Å². The molecule has 5 heterocycles. The number of nitrogens with zero attached hydrogens (tertiary/aromatic N) is 5. The number of piperidine rings is 1. The van der Waals surface area contributed by atoms with Crippen LogP contribution in [0.1, 0.15) is 68.0 Å². The van der Waals surface area contributed by atoms with Crippen LogP contribution < -0.4 is 11.1 Å². The van der Waals surface area contributed by atoms with Crippen LogP contribution in [0.15, 0.2) is 30.6 Å². The van der Waals surface area contributed by atoms with E-state index in [1.807, 2.05) is 0 Å². The maximum Gasteiger partial charge on any atom is 0.314 e. The molecule has 3 aromatic rings. The third kappa shape index (κ3) is 4.98. The number of carbonyl (C=O) groups excluding carboxylic acids is 2. The van der Waals surface area contributed by atoms with E-state index in [1.54, 1.807) is 15.8 Å². The van der Waals surface area contributed by atoms with Crippen molar-refractivity contribution in [3.63, 3.8) is 0 Å². The average molecular weight is 532 g/mol. The van der Waals surface area contributed by atoms with E-state index in [9.17, 15) is 9.59 Å². The smallest absolute Gasteiger partial charge is 0.314 e. The number of nitrogen functional groups attached to an aromatic ring is 1. The first-order valence-corrected chi connectivity index (χ1v) is 14.0. The normalized spacial score (nSPS) is 23.9. The molecule has 2 aromatic heterocycles. The fourth-order valence-corrected chi connectivity index (χ4v) is 6.26. The second kappa shape index (κ2) is 10.6. The van der Waals surface area contributed by atoms with E-state index >= 15 is 0 Å². The fraction of sp³-hybridized carbons (Fsp3) is 0.517. The molecular formula is C29H37N7O3. The highest BCUT2D eigenvalue weighted by Crippen LogP contribution is 2.36. The van der Waals surface area contributed by atoms with Gasteiger partial charge in [0.1, 0.15) is 11.3 Å². The fourth-order valence-electron chi connectivity index (χ4n) is 6.26. The number of pyridine rings is 1. The Balaban J connectivity index is 1.27.